The monoisotopic (exact) mass is 404 g/mol. The van der Waals surface area contributed by atoms with E-state index in [0.717, 1.165) is 30.3 Å². The number of aromatic nitrogens is 2. The van der Waals surface area contributed by atoms with Gasteiger partial charge >= 0.3 is 11.7 Å². The molecule has 0 spiro atoms. The standard InChI is InChI=1S/C21H29FN4O3/c1-21(2,3)17(18(23)27)24-19(28)26-15-10-9-14(22)11-16(15)25(20(26)29)12-13-7-5-4-6-8-13/h9-11,13,17H,4-8,12H2,1-3H3,(H2,23,27)(H,24,28)/t17-/m1/s1. The SMILES string of the molecule is CC(C)(C)[C@H](NC(=O)n1c(=O)n(CC2CCCCC2)c2cc(F)ccc21)C(N)=O. The predicted octanol–water partition coefficient (Wildman–Crippen LogP) is 2.98. The topological polar surface area (TPSA) is 99.1 Å². The molecule has 8 heteroatoms. The maximum absolute atomic E-state index is 13.9. The quantitative estimate of drug-likeness (QED) is 0.819. The van der Waals surface area contributed by atoms with Crippen LogP contribution < -0.4 is 16.7 Å². The van der Waals surface area contributed by atoms with Crippen molar-refractivity contribution in [3.63, 3.8) is 0 Å². The highest BCUT2D eigenvalue weighted by atomic mass is 19.1. The first-order chi connectivity index (χ1) is 13.6. The normalized spacial score (nSPS) is 16.7. The largest absolute Gasteiger partial charge is 0.368 e. The zero-order chi connectivity index (χ0) is 21.3. The molecule has 0 saturated heterocycles. The highest BCUT2D eigenvalue weighted by Crippen LogP contribution is 2.26. The predicted molar refractivity (Wildman–Crippen MR) is 109 cm³/mol. The van der Waals surface area contributed by atoms with Crippen LogP contribution in [-0.4, -0.2) is 27.1 Å². The van der Waals surface area contributed by atoms with Crippen molar-refractivity contribution < 1.29 is 14.0 Å². The number of nitrogens with two attached hydrogens (primary N) is 1. The van der Waals surface area contributed by atoms with E-state index in [9.17, 15) is 18.8 Å². The highest BCUT2D eigenvalue weighted by molar-refractivity contribution is 5.92. The van der Waals surface area contributed by atoms with Crippen LogP contribution in [0.2, 0.25) is 0 Å². The van der Waals surface area contributed by atoms with E-state index in [1.807, 2.05) is 0 Å². The van der Waals surface area contributed by atoms with Crippen molar-refractivity contribution in [2.24, 2.45) is 17.1 Å². The molecule has 1 aliphatic carbocycles. The van der Waals surface area contributed by atoms with Gasteiger partial charge in [0.25, 0.3) is 0 Å². The smallest absolute Gasteiger partial charge is 0.337 e. The van der Waals surface area contributed by atoms with E-state index in [2.05, 4.69) is 5.32 Å². The number of amides is 2. The van der Waals surface area contributed by atoms with E-state index >= 15 is 0 Å². The molecule has 0 radical (unpaired) electrons. The summed E-state index contributed by atoms with van der Waals surface area (Å²) in [5.41, 5.74) is 4.97. The number of halogens is 1. The summed E-state index contributed by atoms with van der Waals surface area (Å²) in [4.78, 5) is 38.0. The van der Waals surface area contributed by atoms with Crippen LogP contribution >= 0.6 is 0 Å². The summed E-state index contributed by atoms with van der Waals surface area (Å²) in [5.74, 6) is -0.840. The Morgan fingerprint density at radius 3 is 2.45 bits per heavy atom. The summed E-state index contributed by atoms with van der Waals surface area (Å²) in [6.07, 6.45) is 5.42. The Kier molecular flexibility index (Phi) is 5.82. The van der Waals surface area contributed by atoms with Gasteiger partial charge in [-0.25, -0.2) is 18.5 Å². The molecule has 1 atom stereocenters. The molecule has 158 valence electrons. The molecule has 0 bridgehead atoms. The lowest BCUT2D eigenvalue weighted by Crippen LogP contribution is -2.54. The van der Waals surface area contributed by atoms with Crippen LogP contribution in [0.15, 0.2) is 23.0 Å². The number of nitrogens with zero attached hydrogens (tertiary/aromatic N) is 2. The van der Waals surface area contributed by atoms with Crippen LogP contribution in [0, 0.1) is 17.2 Å². The molecule has 1 aliphatic rings. The molecule has 1 heterocycles. The van der Waals surface area contributed by atoms with Gasteiger partial charge in [0.05, 0.1) is 11.0 Å². The molecule has 1 saturated carbocycles. The van der Waals surface area contributed by atoms with Gasteiger partial charge in [-0.1, -0.05) is 40.0 Å². The van der Waals surface area contributed by atoms with Crippen LogP contribution in [0.4, 0.5) is 9.18 Å². The van der Waals surface area contributed by atoms with Gasteiger partial charge in [0.1, 0.15) is 11.9 Å². The van der Waals surface area contributed by atoms with E-state index in [1.54, 1.807) is 20.8 Å². The van der Waals surface area contributed by atoms with E-state index in [0.29, 0.717) is 23.5 Å². The summed E-state index contributed by atoms with van der Waals surface area (Å²) in [6, 6.07) is 2.20. The van der Waals surface area contributed by atoms with Crippen molar-refractivity contribution in [1.29, 1.82) is 0 Å². The van der Waals surface area contributed by atoms with Crippen molar-refractivity contribution in [2.75, 3.05) is 0 Å². The lowest BCUT2D eigenvalue weighted by atomic mass is 9.86. The lowest BCUT2D eigenvalue weighted by molar-refractivity contribution is -0.122. The van der Waals surface area contributed by atoms with Gasteiger partial charge < -0.3 is 11.1 Å². The molecule has 1 fully saturated rings. The number of benzene rings is 1. The number of rotatable bonds is 4. The first-order valence-electron chi connectivity index (χ1n) is 10.1. The van der Waals surface area contributed by atoms with Crippen molar-refractivity contribution in [3.8, 4) is 0 Å². The van der Waals surface area contributed by atoms with Crippen LogP contribution in [0.1, 0.15) is 52.9 Å². The Morgan fingerprint density at radius 2 is 1.86 bits per heavy atom. The molecule has 29 heavy (non-hydrogen) atoms. The highest BCUT2D eigenvalue weighted by Gasteiger charge is 2.32. The van der Waals surface area contributed by atoms with Crippen LogP contribution in [0.5, 0.6) is 0 Å². The van der Waals surface area contributed by atoms with Gasteiger partial charge in [-0.05, 0) is 42.4 Å². The van der Waals surface area contributed by atoms with Gasteiger partial charge in [-0.3, -0.25) is 9.36 Å². The molecule has 0 unspecified atom stereocenters. The second-order valence-corrected chi connectivity index (χ2v) is 9.02. The third-order valence-electron chi connectivity index (χ3n) is 5.68. The molecular formula is C21H29FN4O3. The molecule has 3 rings (SSSR count). The first-order valence-corrected chi connectivity index (χ1v) is 10.1. The summed E-state index contributed by atoms with van der Waals surface area (Å²) < 4.78 is 16.4. The molecule has 1 aromatic carbocycles. The number of hydrogen-bond donors (Lipinski definition) is 2. The van der Waals surface area contributed by atoms with Gasteiger partial charge in [-0.15, -0.1) is 0 Å². The minimum atomic E-state index is -0.959. The third kappa shape index (κ3) is 4.36. The van der Waals surface area contributed by atoms with E-state index in [4.69, 9.17) is 5.73 Å². The molecule has 3 N–H and O–H groups in total. The number of carbonyl (C=O) groups is 2. The minimum Gasteiger partial charge on any atom is -0.368 e. The molecule has 2 amide bonds. The number of primary amides is 1. The van der Waals surface area contributed by atoms with Gasteiger partial charge in [0.2, 0.25) is 5.91 Å². The second kappa shape index (κ2) is 8.00. The molecule has 1 aromatic heterocycles. The average molecular weight is 404 g/mol. The number of nitrogens with one attached hydrogen (secondary N) is 1. The molecule has 0 aliphatic heterocycles. The minimum absolute atomic E-state index is 0.307. The Hall–Kier alpha value is -2.64. The number of carbonyl (C=O) groups excluding carboxylic acids is 2. The second-order valence-electron chi connectivity index (χ2n) is 9.02. The van der Waals surface area contributed by atoms with Crippen molar-refractivity contribution in [3.05, 3.63) is 34.5 Å². The van der Waals surface area contributed by atoms with Gasteiger partial charge in [0, 0.05) is 6.54 Å². The first kappa shape index (κ1) is 21.1. The van der Waals surface area contributed by atoms with E-state index in [-0.39, 0.29) is 0 Å². The average Bonchev–Trinajstić information content (AvgIpc) is 2.90. The summed E-state index contributed by atoms with van der Waals surface area (Å²) >= 11 is 0. The fraction of sp³-hybridized carbons (Fsp3) is 0.571. The van der Waals surface area contributed by atoms with Gasteiger partial charge in [0.15, 0.2) is 0 Å². The van der Waals surface area contributed by atoms with E-state index in [1.165, 1.54) is 29.2 Å². The Labute approximate surface area is 169 Å². The summed E-state index contributed by atoms with van der Waals surface area (Å²) in [6.45, 7) is 5.76. The zero-order valence-corrected chi connectivity index (χ0v) is 17.2. The number of hydrogen-bond acceptors (Lipinski definition) is 3. The molecule has 7 nitrogen and oxygen atoms in total. The lowest BCUT2D eigenvalue weighted by Gasteiger charge is -2.28. The van der Waals surface area contributed by atoms with Crippen molar-refractivity contribution in [2.45, 2.75) is 65.5 Å². The summed E-state index contributed by atoms with van der Waals surface area (Å²) in [7, 11) is 0. The van der Waals surface area contributed by atoms with Crippen LogP contribution in [0.3, 0.4) is 0 Å². The summed E-state index contributed by atoms with van der Waals surface area (Å²) in [5, 5.41) is 2.58. The van der Waals surface area contributed by atoms with Crippen molar-refractivity contribution >= 4 is 23.0 Å². The van der Waals surface area contributed by atoms with Crippen LogP contribution in [-0.2, 0) is 11.3 Å². The Bertz CT molecular complexity index is 980. The number of fused-ring (bicyclic) bond motifs is 1. The zero-order valence-electron chi connectivity index (χ0n) is 17.2. The van der Waals surface area contributed by atoms with Crippen molar-refractivity contribution in [1.82, 2.24) is 14.5 Å². The molecule has 2 aromatic rings. The Balaban J connectivity index is 2.03. The number of imidazole rings is 1. The Morgan fingerprint density at radius 1 is 1.21 bits per heavy atom. The van der Waals surface area contributed by atoms with E-state index < -0.39 is 34.9 Å². The fourth-order valence-electron chi connectivity index (χ4n) is 4.13. The van der Waals surface area contributed by atoms with Crippen LogP contribution in [0.25, 0.3) is 11.0 Å². The van der Waals surface area contributed by atoms with Gasteiger partial charge in [-0.2, -0.15) is 0 Å². The molecular weight excluding hydrogens is 375 g/mol. The maximum atomic E-state index is 13.9. The fourth-order valence-corrected chi connectivity index (χ4v) is 4.13. The maximum Gasteiger partial charge on any atom is 0.337 e. The third-order valence-corrected chi connectivity index (χ3v) is 5.68.